The molecular weight excluding hydrogens is 798 g/mol. The topological polar surface area (TPSA) is 131 Å². The minimum atomic E-state index is -1.19. The second kappa shape index (κ2) is 16.4. The zero-order valence-corrected chi connectivity index (χ0v) is 39.5. The lowest BCUT2D eigenvalue weighted by Crippen LogP contribution is -2.69. The van der Waals surface area contributed by atoms with Crippen LogP contribution in [-0.2, 0) is 28.6 Å². The molecule has 0 bridgehead atoms. The van der Waals surface area contributed by atoms with Crippen molar-refractivity contribution in [3.05, 3.63) is 54.3 Å². The van der Waals surface area contributed by atoms with Gasteiger partial charge in [0.1, 0.15) is 17.7 Å². The summed E-state index contributed by atoms with van der Waals surface area (Å²) in [5.41, 5.74) is 0.328. The molecule has 0 radical (unpaired) electrons. The van der Waals surface area contributed by atoms with Crippen LogP contribution in [0.3, 0.4) is 0 Å². The number of ether oxygens (including phenoxy) is 3. The van der Waals surface area contributed by atoms with E-state index in [9.17, 15) is 19.1 Å². The first-order valence-corrected chi connectivity index (χ1v) is 24.0. The molecule has 6 fully saturated rings. The van der Waals surface area contributed by atoms with E-state index in [1.165, 1.54) is 12.1 Å². The number of amides is 1. The van der Waals surface area contributed by atoms with E-state index in [1.807, 2.05) is 6.07 Å². The number of imidazole rings is 1. The van der Waals surface area contributed by atoms with E-state index in [-0.39, 0.29) is 75.8 Å². The van der Waals surface area contributed by atoms with Gasteiger partial charge in [0.25, 0.3) is 0 Å². The van der Waals surface area contributed by atoms with E-state index in [1.54, 1.807) is 33.2 Å². The Kier molecular flexibility index (Phi) is 12.0. The molecule has 5 aliphatic carbocycles. The lowest BCUT2D eigenvalue weighted by atomic mass is 9.31. The Morgan fingerprint density at radius 1 is 0.952 bits per heavy atom. The summed E-state index contributed by atoms with van der Waals surface area (Å²) >= 11 is 0. The molecule has 1 aromatic heterocycles. The lowest BCUT2D eigenvalue weighted by molar-refractivity contribution is -0.256. The number of aliphatic carboxylic acids is 1. The third-order valence-electron chi connectivity index (χ3n) is 19.1. The fourth-order valence-electron chi connectivity index (χ4n) is 15.9. The minimum Gasteiger partial charge on any atom is -0.481 e. The van der Waals surface area contributed by atoms with Gasteiger partial charge in [0, 0.05) is 31.1 Å². The van der Waals surface area contributed by atoms with Crippen molar-refractivity contribution >= 4 is 17.8 Å². The molecule has 5 saturated carbocycles. The third-order valence-corrected chi connectivity index (χ3v) is 19.1. The van der Waals surface area contributed by atoms with E-state index >= 15 is 4.79 Å². The second-order valence-electron chi connectivity index (χ2n) is 22.9. The van der Waals surface area contributed by atoms with Gasteiger partial charge in [-0.05, 0) is 143 Å². The van der Waals surface area contributed by atoms with Crippen LogP contribution in [0.5, 0.6) is 0 Å². The number of carbonyl (C=O) groups excluding carboxylic acids is 2. The molecule has 1 aromatic carbocycles. The summed E-state index contributed by atoms with van der Waals surface area (Å²) in [6.45, 7) is 23.6. The van der Waals surface area contributed by atoms with Crippen LogP contribution in [0.25, 0.3) is 11.3 Å². The van der Waals surface area contributed by atoms with Crippen LogP contribution in [-0.4, -0.2) is 76.9 Å². The van der Waals surface area contributed by atoms with Crippen molar-refractivity contribution < 1.29 is 38.1 Å². The number of likely N-dealkylation sites (tertiary alicyclic amines) is 1. The summed E-state index contributed by atoms with van der Waals surface area (Å²) in [4.78, 5) is 52.1. The summed E-state index contributed by atoms with van der Waals surface area (Å²) in [7, 11) is 1.67. The number of aromatic amines is 1. The van der Waals surface area contributed by atoms with E-state index in [4.69, 9.17) is 19.2 Å². The molecule has 2 N–H and O–H groups in total. The molecule has 63 heavy (non-hydrogen) atoms. The van der Waals surface area contributed by atoms with Gasteiger partial charge in [-0.2, -0.15) is 0 Å². The first kappa shape index (κ1) is 46.0. The molecule has 2 aromatic rings. The van der Waals surface area contributed by atoms with Crippen molar-refractivity contribution in [3.63, 3.8) is 0 Å². The van der Waals surface area contributed by atoms with Gasteiger partial charge in [0.05, 0.1) is 54.5 Å². The minimum absolute atomic E-state index is 0.0106. The number of carboxylic acids is 1. The maximum Gasteiger partial charge on any atom is 0.309 e. The van der Waals surface area contributed by atoms with Crippen molar-refractivity contribution in [1.29, 1.82) is 0 Å². The number of aromatic nitrogens is 2. The van der Waals surface area contributed by atoms with Crippen molar-refractivity contribution in [2.75, 3.05) is 26.9 Å². The smallest absolute Gasteiger partial charge is 0.309 e. The van der Waals surface area contributed by atoms with E-state index in [0.29, 0.717) is 49.4 Å². The fourth-order valence-corrected chi connectivity index (χ4v) is 15.9. The molecule has 12 atom stereocenters. The van der Waals surface area contributed by atoms with Gasteiger partial charge in [-0.25, -0.2) is 9.37 Å². The number of hydrogen-bond donors (Lipinski definition) is 2. The number of carbonyl (C=O) groups is 3. The van der Waals surface area contributed by atoms with Gasteiger partial charge >= 0.3 is 11.9 Å². The summed E-state index contributed by atoms with van der Waals surface area (Å²) in [6.07, 6.45) is 11.6. The van der Waals surface area contributed by atoms with Gasteiger partial charge in [0.2, 0.25) is 5.91 Å². The van der Waals surface area contributed by atoms with Gasteiger partial charge in [-0.3, -0.25) is 14.4 Å². The molecule has 346 valence electrons. The van der Waals surface area contributed by atoms with Crippen LogP contribution in [0.4, 0.5) is 4.39 Å². The maximum atomic E-state index is 16.4. The fraction of sp³-hybridized carbons (Fsp3) is 0.731. The predicted octanol–water partition coefficient (Wildman–Crippen LogP) is 10.6. The summed E-state index contributed by atoms with van der Waals surface area (Å²) < 4.78 is 32.4. The van der Waals surface area contributed by atoms with Gasteiger partial charge < -0.3 is 29.2 Å². The number of hydrogen-bond acceptors (Lipinski definition) is 7. The average molecular weight is 872 g/mol. The highest BCUT2D eigenvalue weighted by molar-refractivity contribution is 5.86. The zero-order valence-electron chi connectivity index (χ0n) is 39.5. The second-order valence-corrected chi connectivity index (χ2v) is 22.9. The Labute approximate surface area is 374 Å². The van der Waals surface area contributed by atoms with Crippen molar-refractivity contribution in [2.45, 2.75) is 151 Å². The molecule has 0 unspecified atom stereocenters. The van der Waals surface area contributed by atoms with Crippen LogP contribution < -0.4 is 0 Å². The number of halogens is 1. The normalized spacial score (nSPS) is 38.2. The van der Waals surface area contributed by atoms with Crippen LogP contribution in [0.1, 0.15) is 144 Å². The standard InChI is InChI=1S/C52H74FN3O7/c1-31(2)36-15-14-33-18-22-51(9)41(17-16-40-49(7)21-20-42(63-43(57)28-47(3,4)46(59)60)48(5,6)39(49)19-23-50(40,51)8)52(33,36)45(58)56-30-35(62-25-24-61-10)27-38(56)44-54-29-37(55-44)32-12-11-13-34(53)26-32/h11-13,26,29,33,35-36,38-42H,1,14-25,27-28,30H2,2-10H3,(H,54,55)(H,59,60)/t33-,35+,36+,38-,39-,40+,41+,42-,49-,50+,51+,52+/m0/s1. The Hall–Kier alpha value is -3.57. The molecule has 11 heteroatoms. The van der Waals surface area contributed by atoms with Gasteiger partial charge in [0.15, 0.2) is 0 Å². The van der Waals surface area contributed by atoms with Crippen molar-refractivity contribution in [1.82, 2.24) is 14.9 Å². The van der Waals surface area contributed by atoms with Gasteiger partial charge in [-0.1, -0.05) is 58.9 Å². The molecule has 1 saturated heterocycles. The first-order valence-electron chi connectivity index (χ1n) is 24.0. The molecule has 8 rings (SSSR count). The molecular formula is C52H74FN3O7. The Morgan fingerprint density at radius 2 is 1.67 bits per heavy atom. The highest BCUT2D eigenvalue weighted by Crippen LogP contribution is 2.79. The number of esters is 1. The highest BCUT2D eigenvalue weighted by atomic mass is 19.1. The predicted molar refractivity (Wildman–Crippen MR) is 240 cm³/mol. The third kappa shape index (κ3) is 7.23. The molecule has 0 spiro atoms. The quantitative estimate of drug-likeness (QED) is 0.122. The first-order chi connectivity index (χ1) is 29.6. The lowest BCUT2D eigenvalue weighted by Gasteiger charge is -2.73. The molecule has 6 aliphatic rings. The molecule has 2 heterocycles. The maximum absolute atomic E-state index is 16.4. The number of benzene rings is 1. The number of allylic oxidation sites excluding steroid dienone is 1. The van der Waals surface area contributed by atoms with Gasteiger partial charge in [-0.15, -0.1) is 0 Å². The average Bonchev–Trinajstić information content (AvgIpc) is 3.97. The summed E-state index contributed by atoms with van der Waals surface area (Å²) in [6, 6.07) is 6.18. The number of nitrogens with one attached hydrogen (secondary N) is 1. The molecule has 1 aliphatic heterocycles. The largest absolute Gasteiger partial charge is 0.481 e. The van der Waals surface area contributed by atoms with E-state index < -0.39 is 22.8 Å². The number of carboxylic acid groups (broad SMARTS) is 1. The van der Waals surface area contributed by atoms with Crippen LogP contribution >= 0.6 is 0 Å². The van der Waals surface area contributed by atoms with Crippen LogP contribution in [0, 0.1) is 67.9 Å². The highest BCUT2D eigenvalue weighted by Gasteiger charge is 2.75. The number of H-pyrrole nitrogens is 1. The number of fused-ring (bicyclic) bond motifs is 7. The molecule has 1 amide bonds. The zero-order chi connectivity index (χ0) is 45.5. The summed E-state index contributed by atoms with van der Waals surface area (Å²) in [5, 5.41) is 9.71. The number of methoxy groups -OCH3 is 1. The molecule has 10 nitrogen and oxygen atoms in total. The Balaban J connectivity index is 1.13. The van der Waals surface area contributed by atoms with E-state index in [2.05, 4.69) is 58.0 Å². The Bertz CT molecular complexity index is 2100. The van der Waals surface area contributed by atoms with Crippen molar-refractivity contribution in [2.24, 2.45) is 62.1 Å². The SMILES string of the molecule is C=C(C)[C@H]1CC[C@H]2CC[C@]3(C)[C@@H](CC[C@@H]4[C@@]5(C)CC[C@H](OC(=O)CC(C)(C)C(=O)O)C(C)(C)[C@@H]5CC[C@]43C)[C@@]21C(=O)N1C[C@H](OCCOC)C[C@H]1c1ncc(-c2cccc(F)c2)[nH]1. The monoisotopic (exact) mass is 872 g/mol. The van der Waals surface area contributed by atoms with Crippen LogP contribution in [0.15, 0.2) is 42.6 Å². The number of nitrogens with zero attached hydrogens (tertiary/aromatic N) is 2. The summed E-state index contributed by atoms with van der Waals surface area (Å²) in [5.74, 6) is 0.435. The van der Waals surface area contributed by atoms with Crippen molar-refractivity contribution in [3.8, 4) is 11.3 Å². The number of rotatable bonds is 12. The Morgan fingerprint density at radius 3 is 2.37 bits per heavy atom. The van der Waals surface area contributed by atoms with E-state index in [0.717, 1.165) is 75.5 Å². The van der Waals surface area contributed by atoms with Crippen LogP contribution in [0.2, 0.25) is 0 Å².